The van der Waals surface area contributed by atoms with E-state index in [-0.39, 0.29) is 11.3 Å². The Balaban J connectivity index is 1.69. The fourth-order valence-corrected chi connectivity index (χ4v) is 4.27. The fraction of sp³-hybridized carbons (Fsp3) is 0.185. The molecule has 1 atom stereocenters. The minimum atomic E-state index is -0.762. The molecule has 2 aliphatic heterocycles. The van der Waals surface area contributed by atoms with Crippen LogP contribution in [0.3, 0.4) is 0 Å². The lowest BCUT2D eigenvalue weighted by Crippen LogP contribution is -2.29. The van der Waals surface area contributed by atoms with Gasteiger partial charge in [0.2, 0.25) is 0 Å². The minimum absolute atomic E-state index is 0.0427. The van der Waals surface area contributed by atoms with Crippen molar-refractivity contribution in [1.82, 2.24) is 0 Å². The van der Waals surface area contributed by atoms with Crippen molar-refractivity contribution in [2.75, 3.05) is 18.1 Å². The number of hydrogen-bond donors (Lipinski definition) is 1. The first kappa shape index (κ1) is 20.8. The van der Waals surface area contributed by atoms with E-state index in [1.807, 2.05) is 62.4 Å². The van der Waals surface area contributed by atoms with Gasteiger partial charge in [0.1, 0.15) is 19.0 Å². The standard InChI is InChI=1S/C27H23NO5/c1-16-8-10-20(14-17(16)2)28-24(18-6-4-3-5-7-18)23(26(30)27(28)31)25(29)19-9-11-21-22(15-19)33-13-12-32-21/h3-11,14-15,24,29H,12-13H2,1-2H3/b25-23-. The third kappa shape index (κ3) is 3.53. The molecule has 1 N–H and O–H groups in total. The number of aliphatic hydroxyl groups is 1. The molecule has 0 bridgehead atoms. The number of anilines is 1. The number of nitrogens with zero attached hydrogens (tertiary/aromatic N) is 1. The van der Waals surface area contributed by atoms with Gasteiger partial charge in [-0.15, -0.1) is 0 Å². The first-order valence-corrected chi connectivity index (χ1v) is 10.8. The van der Waals surface area contributed by atoms with Gasteiger partial charge < -0.3 is 14.6 Å². The summed E-state index contributed by atoms with van der Waals surface area (Å²) in [6.45, 7) is 4.80. The molecule has 6 heteroatoms. The predicted molar refractivity (Wildman–Crippen MR) is 125 cm³/mol. The van der Waals surface area contributed by atoms with Crippen molar-refractivity contribution in [3.63, 3.8) is 0 Å². The van der Waals surface area contributed by atoms with Crippen molar-refractivity contribution in [1.29, 1.82) is 0 Å². The summed E-state index contributed by atoms with van der Waals surface area (Å²) in [7, 11) is 0. The van der Waals surface area contributed by atoms with Crippen LogP contribution in [-0.4, -0.2) is 30.0 Å². The molecule has 1 amide bonds. The van der Waals surface area contributed by atoms with Crippen LogP contribution in [-0.2, 0) is 9.59 Å². The zero-order valence-electron chi connectivity index (χ0n) is 18.4. The molecular weight excluding hydrogens is 418 g/mol. The van der Waals surface area contributed by atoms with Gasteiger partial charge in [0, 0.05) is 11.3 Å². The van der Waals surface area contributed by atoms with Gasteiger partial charge in [0.25, 0.3) is 11.7 Å². The maximum Gasteiger partial charge on any atom is 0.300 e. The average Bonchev–Trinajstić information content (AvgIpc) is 3.11. The molecule has 33 heavy (non-hydrogen) atoms. The van der Waals surface area contributed by atoms with Crippen molar-refractivity contribution in [2.45, 2.75) is 19.9 Å². The van der Waals surface area contributed by atoms with Gasteiger partial charge in [-0.2, -0.15) is 0 Å². The number of benzene rings is 3. The lowest BCUT2D eigenvalue weighted by molar-refractivity contribution is -0.132. The Bertz CT molecular complexity index is 1300. The van der Waals surface area contributed by atoms with Crippen LogP contribution in [0.2, 0.25) is 0 Å². The molecule has 3 aromatic carbocycles. The zero-order valence-corrected chi connectivity index (χ0v) is 18.4. The van der Waals surface area contributed by atoms with Crippen molar-refractivity contribution < 1.29 is 24.2 Å². The van der Waals surface area contributed by atoms with Crippen LogP contribution in [0.1, 0.15) is 28.3 Å². The fourth-order valence-electron chi connectivity index (χ4n) is 4.27. The summed E-state index contributed by atoms with van der Waals surface area (Å²) in [4.78, 5) is 28.0. The second kappa shape index (κ2) is 8.13. The minimum Gasteiger partial charge on any atom is -0.507 e. The van der Waals surface area contributed by atoms with Crippen LogP contribution < -0.4 is 14.4 Å². The Morgan fingerprint density at radius 2 is 1.61 bits per heavy atom. The molecule has 0 aromatic heterocycles. The number of fused-ring (bicyclic) bond motifs is 1. The van der Waals surface area contributed by atoms with Gasteiger partial charge in [-0.05, 0) is 60.9 Å². The molecule has 3 aromatic rings. The van der Waals surface area contributed by atoms with Crippen molar-refractivity contribution >= 4 is 23.1 Å². The van der Waals surface area contributed by atoms with E-state index in [0.717, 1.165) is 16.7 Å². The number of hydrogen-bond acceptors (Lipinski definition) is 5. The van der Waals surface area contributed by atoms with Gasteiger partial charge in [0.05, 0.1) is 11.6 Å². The lowest BCUT2D eigenvalue weighted by atomic mass is 9.95. The summed E-state index contributed by atoms with van der Waals surface area (Å²) in [6, 6.07) is 19.1. The summed E-state index contributed by atoms with van der Waals surface area (Å²) in [6.07, 6.45) is 0. The Morgan fingerprint density at radius 1 is 0.879 bits per heavy atom. The van der Waals surface area contributed by atoms with E-state index in [4.69, 9.17) is 9.47 Å². The van der Waals surface area contributed by atoms with Gasteiger partial charge in [-0.1, -0.05) is 36.4 Å². The monoisotopic (exact) mass is 441 g/mol. The number of carbonyl (C=O) groups is 2. The number of aryl methyl sites for hydroxylation is 2. The third-order valence-corrected chi connectivity index (χ3v) is 6.14. The number of amides is 1. The predicted octanol–water partition coefficient (Wildman–Crippen LogP) is 4.70. The summed E-state index contributed by atoms with van der Waals surface area (Å²) < 4.78 is 11.2. The first-order valence-electron chi connectivity index (χ1n) is 10.8. The normalized spacial score (nSPS) is 19.1. The highest BCUT2D eigenvalue weighted by Gasteiger charge is 2.47. The average molecular weight is 441 g/mol. The number of Topliss-reactive ketones (excluding diaryl/α,β-unsaturated/α-hetero) is 1. The van der Waals surface area contributed by atoms with Crippen molar-refractivity contribution in [3.05, 3.63) is 94.6 Å². The maximum atomic E-state index is 13.3. The summed E-state index contributed by atoms with van der Waals surface area (Å²) >= 11 is 0. The maximum absolute atomic E-state index is 13.3. The van der Waals surface area contributed by atoms with Crippen LogP contribution in [0.15, 0.2) is 72.3 Å². The summed E-state index contributed by atoms with van der Waals surface area (Å²) in [5.41, 5.74) is 3.86. The molecule has 0 aliphatic carbocycles. The zero-order chi connectivity index (χ0) is 23.1. The Kier molecular flexibility index (Phi) is 5.13. The molecule has 0 saturated carbocycles. The quantitative estimate of drug-likeness (QED) is 0.362. The SMILES string of the molecule is Cc1ccc(N2C(=O)C(=O)/C(=C(\O)c3ccc4c(c3)OCCO4)C2c2ccccc2)cc1C. The van der Waals surface area contributed by atoms with Crippen LogP contribution in [0.25, 0.3) is 5.76 Å². The molecule has 1 saturated heterocycles. The van der Waals surface area contributed by atoms with Crippen LogP contribution in [0.4, 0.5) is 5.69 Å². The number of rotatable bonds is 3. The molecule has 2 heterocycles. The highest BCUT2D eigenvalue weighted by Crippen LogP contribution is 2.43. The van der Waals surface area contributed by atoms with Crippen molar-refractivity contribution in [2.24, 2.45) is 0 Å². The van der Waals surface area contributed by atoms with Gasteiger partial charge in [-0.25, -0.2) is 0 Å². The highest BCUT2D eigenvalue weighted by molar-refractivity contribution is 6.51. The molecule has 166 valence electrons. The number of ketones is 1. The molecule has 6 nitrogen and oxygen atoms in total. The first-order chi connectivity index (χ1) is 16.0. The number of aliphatic hydroxyl groups excluding tert-OH is 1. The van der Waals surface area contributed by atoms with E-state index in [1.54, 1.807) is 18.2 Å². The summed E-state index contributed by atoms with van der Waals surface area (Å²) in [5, 5.41) is 11.3. The van der Waals surface area contributed by atoms with Gasteiger partial charge in [0.15, 0.2) is 11.5 Å². The Labute approximate surface area is 191 Å². The van der Waals surface area contributed by atoms with Crippen LogP contribution in [0, 0.1) is 13.8 Å². The highest BCUT2D eigenvalue weighted by atomic mass is 16.6. The molecule has 2 aliphatic rings. The van der Waals surface area contributed by atoms with E-state index in [0.29, 0.717) is 36.0 Å². The number of carbonyl (C=O) groups excluding carboxylic acids is 2. The topological polar surface area (TPSA) is 76.1 Å². The van der Waals surface area contributed by atoms with Gasteiger partial charge >= 0.3 is 0 Å². The van der Waals surface area contributed by atoms with E-state index in [1.165, 1.54) is 4.90 Å². The smallest absolute Gasteiger partial charge is 0.300 e. The van der Waals surface area contributed by atoms with E-state index in [2.05, 4.69) is 0 Å². The van der Waals surface area contributed by atoms with Gasteiger partial charge in [-0.3, -0.25) is 14.5 Å². The summed E-state index contributed by atoms with van der Waals surface area (Å²) in [5.74, 6) is -0.580. The molecule has 1 unspecified atom stereocenters. The van der Waals surface area contributed by atoms with Crippen LogP contribution >= 0.6 is 0 Å². The molecule has 0 radical (unpaired) electrons. The van der Waals surface area contributed by atoms with Crippen LogP contribution in [0.5, 0.6) is 11.5 Å². The third-order valence-electron chi connectivity index (χ3n) is 6.14. The van der Waals surface area contributed by atoms with E-state index < -0.39 is 17.7 Å². The number of ether oxygens (including phenoxy) is 2. The largest absolute Gasteiger partial charge is 0.507 e. The Morgan fingerprint density at radius 3 is 2.33 bits per heavy atom. The Hall–Kier alpha value is -4.06. The second-order valence-electron chi connectivity index (χ2n) is 8.21. The van der Waals surface area contributed by atoms with E-state index >= 15 is 0 Å². The molecular formula is C27H23NO5. The van der Waals surface area contributed by atoms with Crippen molar-refractivity contribution in [3.8, 4) is 11.5 Å². The molecule has 0 spiro atoms. The second-order valence-corrected chi connectivity index (χ2v) is 8.21. The molecule has 5 rings (SSSR count). The lowest BCUT2D eigenvalue weighted by Gasteiger charge is -2.26. The molecule has 1 fully saturated rings. The van der Waals surface area contributed by atoms with E-state index in [9.17, 15) is 14.7 Å².